The lowest BCUT2D eigenvalue weighted by Gasteiger charge is -2.27. The summed E-state index contributed by atoms with van der Waals surface area (Å²) in [5.74, 6) is -0.109. The highest BCUT2D eigenvalue weighted by Gasteiger charge is 2.29. The van der Waals surface area contributed by atoms with Gasteiger partial charge in [-0.3, -0.25) is 9.69 Å². The molecule has 27 heavy (non-hydrogen) atoms. The first-order valence-electron chi connectivity index (χ1n) is 8.84. The number of carbonyl (C=O) groups is 2. The van der Waals surface area contributed by atoms with Crippen LogP contribution in [0.15, 0.2) is 40.9 Å². The van der Waals surface area contributed by atoms with E-state index in [1.807, 2.05) is 43.3 Å². The fourth-order valence-electron chi connectivity index (χ4n) is 3.84. The van der Waals surface area contributed by atoms with Crippen molar-refractivity contribution < 1.29 is 18.8 Å². The van der Waals surface area contributed by atoms with Crippen molar-refractivity contribution in [2.24, 2.45) is 0 Å². The largest absolute Gasteiger partial charge is 0.447 e. The fourth-order valence-corrected chi connectivity index (χ4v) is 3.84. The van der Waals surface area contributed by atoms with Gasteiger partial charge >= 0.3 is 6.09 Å². The summed E-state index contributed by atoms with van der Waals surface area (Å²) < 4.78 is 10.3. The third kappa shape index (κ3) is 2.54. The van der Waals surface area contributed by atoms with Crippen molar-refractivity contribution in [2.45, 2.75) is 19.3 Å². The number of amides is 2. The van der Waals surface area contributed by atoms with E-state index in [1.165, 1.54) is 0 Å². The third-order valence-corrected chi connectivity index (χ3v) is 5.23. The monoisotopic (exact) mass is 363 g/mol. The zero-order valence-electron chi connectivity index (χ0n) is 14.7. The Bertz CT molecular complexity index is 1090. The topological polar surface area (TPSA) is 84.7 Å². The number of fused-ring (bicyclic) bond motifs is 2. The Kier molecular flexibility index (Phi) is 3.43. The van der Waals surface area contributed by atoms with Crippen LogP contribution < -0.4 is 10.2 Å². The molecule has 0 aliphatic carbocycles. The summed E-state index contributed by atoms with van der Waals surface area (Å²) in [5, 5.41) is 7.89. The van der Waals surface area contributed by atoms with Crippen LogP contribution in [0, 0.1) is 6.92 Å². The molecule has 7 heteroatoms. The minimum absolute atomic E-state index is 0.0456. The van der Waals surface area contributed by atoms with Crippen molar-refractivity contribution in [2.75, 3.05) is 23.4 Å². The smallest absolute Gasteiger partial charge is 0.414 e. The van der Waals surface area contributed by atoms with Gasteiger partial charge in [-0.1, -0.05) is 17.3 Å². The van der Waals surface area contributed by atoms with Crippen LogP contribution in [0.1, 0.15) is 29.2 Å². The van der Waals surface area contributed by atoms with Gasteiger partial charge in [-0.2, -0.15) is 0 Å². The second kappa shape index (κ2) is 5.84. The number of nitrogens with zero attached hydrogens (tertiary/aromatic N) is 2. The van der Waals surface area contributed by atoms with Crippen LogP contribution in [0.25, 0.3) is 11.0 Å². The average molecular weight is 363 g/mol. The average Bonchev–Trinajstić information content (AvgIpc) is 3.26. The number of aromatic nitrogens is 1. The first kappa shape index (κ1) is 15.9. The van der Waals surface area contributed by atoms with Crippen LogP contribution in [0.2, 0.25) is 0 Å². The molecule has 0 spiro atoms. The van der Waals surface area contributed by atoms with Crippen molar-refractivity contribution in [3.05, 3.63) is 53.2 Å². The van der Waals surface area contributed by atoms with Gasteiger partial charge in [-0.25, -0.2) is 4.79 Å². The maximum atomic E-state index is 12.3. The highest BCUT2D eigenvalue weighted by Crippen LogP contribution is 2.40. The summed E-state index contributed by atoms with van der Waals surface area (Å²) >= 11 is 0. The number of benzene rings is 2. The van der Waals surface area contributed by atoms with E-state index in [2.05, 4.69) is 10.5 Å². The Morgan fingerprint density at radius 3 is 2.89 bits per heavy atom. The van der Waals surface area contributed by atoms with E-state index in [9.17, 15) is 9.59 Å². The van der Waals surface area contributed by atoms with Gasteiger partial charge < -0.3 is 14.6 Å². The van der Waals surface area contributed by atoms with Gasteiger partial charge in [0, 0.05) is 29.1 Å². The van der Waals surface area contributed by atoms with Gasteiger partial charge in [0.2, 0.25) is 5.91 Å². The summed E-state index contributed by atoms with van der Waals surface area (Å²) in [4.78, 5) is 25.7. The lowest BCUT2D eigenvalue weighted by Crippen LogP contribution is -2.26. The van der Waals surface area contributed by atoms with Gasteiger partial charge in [0.05, 0.1) is 12.2 Å². The van der Waals surface area contributed by atoms with Crippen molar-refractivity contribution in [1.82, 2.24) is 5.16 Å². The van der Waals surface area contributed by atoms with Gasteiger partial charge in [-0.05, 0) is 42.3 Å². The molecule has 0 unspecified atom stereocenters. The second-order valence-corrected chi connectivity index (χ2v) is 6.87. The van der Waals surface area contributed by atoms with Crippen LogP contribution >= 0.6 is 0 Å². The van der Waals surface area contributed by atoms with Crippen molar-refractivity contribution >= 4 is 34.3 Å². The molecular weight excluding hydrogens is 346 g/mol. The first-order chi connectivity index (χ1) is 13.1. The molecule has 2 aliphatic heterocycles. The number of carbonyl (C=O) groups excluding carboxylic acids is 2. The molecular formula is C20H17N3O4. The zero-order chi connectivity index (χ0) is 18.5. The Morgan fingerprint density at radius 2 is 2.07 bits per heavy atom. The van der Waals surface area contributed by atoms with Crippen LogP contribution in [-0.4, -0.2) is 30.3 Å². The van der Waals surface area contributed by atoms with Gasteiger partial charge in [0.15, 0.2) is 5.58 Å². The van der Waals surface area contributed by atoms with E-state index in [0.29, 0.717) is 19.6 Å². The van der Waals surface area contributed by atoms with Crippen molar-refractivity contribution in [3.63, 3.8) is 0 Å². The van der Waals surface area contributed by atoms with E-state index < -0.39 is 0 Å². The van der Waals surface area contributed by atoms with E-state index >= 15 is 0 Å². The summed E-state index contributed by atoms with van der Waals surface area (Å²) in [5.41, 5.74) is 5.09. The van der Waals surface area contributed by atoms with E-state index in [0.717, 1.165) is 39.2 Å². The number of cyclic esters (lactones) is 1. The summed E-state index contributed by atoms with van der Waals surface area (Å²) in [7, 11) is 0. The molecule has 136 valence electrons. The zero-order valence-corrected chi connectivity index (χ0v) is 14.7. The maximum Gasteiger partial charge on any atom is 0.414 e. The quantitative estimate of drug-likeness (QED) is 0.752. The molecule has 7 nitrogen and oxygen atoms in total. The number of anilines is 2. The molecule has 3 heterocycles. The molecule has 0 saturated carbocycles. The number of hydrogen-bond acceptors (Lipinski definition) is 5. The van der Waals surface area contributed by atoms with Crippen LogP contribution in [-0.2, 0) is 9.53 Å². The molecule has 2 aliphatic rings. The van der Waals surface area contributed by atoms with Crippen LogP contribution in [0.5, 0.6) is 0 Å². The predicted molar refractivity (Wildman–Crippen MR) is 99.0 cm³/mol. The Hall–Kier alpha value is -3.35. The highest BCUT2D eigenvalue weighted by molar-refractivity contribution is 5.97. The molecule has 2 aromatic carbocycles. The number of ether oxygens (including phenoxy) is 1. The lowest BCUT2D eigenvalue weighted by molar-refractivity contribution is -0.116. The number of nitrogens with one attached hydrogen (secondary N) is 1. The van der Waals surface area contributed by atoms with E-state index in [-0.39, 0.29) is 17.9 Å². The SMILES string of the molecule is Cc1noc2ccc([C@@H]3CC(=O)Nc4cc(N5CCOC5=O)ccc43)cc12. The Balaban J connectivity index is 1.58. The molecule has 2 amide bonds. The van der Waals surface area contributed by atoms with E-state index in [4.69, 9.17) is 9.26 Å². The van der Waals surface area contributed by atoms with Crippen LogP contribution in [0.3, 0.4) is 0 Å². The van der Waals surface area contributed by atoms with Gasteiger partial charge in [-0.15, -0.1) is 0 Å². The summed E-state index contributed by atoms with van der Waals surface area (Å²) in [6, 6.07) is 11.6. The summed E-state index contributed by atoms with van der Waals surface area (Å²) in [6.45, 7) is 2.79. The first-order valence-corrected chi connectivity index (χ1v) is 8.84. The molecule has 0 bridgehead atoms. The van der Waals surface area contributed by atoms with Crippen LogP contribution in [0.4, 0.5) is 16.2 Å². The molecule has 1 fully saturated rings. The highest BCUT2D eigenvalue weighted by atomic mass is 16.6. The molecule has 1 atom stereocenters. The molecule has 1 saturated heterocycles. The Morgan fingerprint density at radius 1 is 1.19 bits per heavy atom. The fraction of sp³-hybridized carbons (Fsp3) is 0.250. The van der Waals surface area contributed by atoms with Crippen molar-refractivity contribution in [1.29, 1.82) is 0 Å². The third-order valence-electron chi connectivity index (χ3n) is 5.23. The molecule has 1 aromatic heterocycles. The van der Waals surface area contributed by atoms with E-state index in [1.54, 1.807) is 4.90 Å². The lowest BCUT2D eigenvalue weighted by atomic mass is 9.84. The number of aryl methyl sites for hydroxylation is 1. The van der Waals surface area contributed by atoms with Gasteiger partial charge in [0.25, 0.3) is 0 Å². The predicted octanol–water partition coefficient (Wildman–Crippen LogP) is 3.57. The minimum atomic E-state index is -0.359. The van der Waals surface area contributed by atoms with Crippen molar-refractivity contribution in [3.8, 4) is 0 Å². The molecule has 1 N–H and O–H groups in total. The molecule has 5 rings (SSSR count). The minimum Gasteiger partial charge on any atom is -0.447 e. The number of hydrogen-bond donors (Lipinski definition) is 1. The normalized spacial score (nSPS) is 19.1. The standard InChI is InChI=1S/C20H17N3O4/c1-11-15-8-12(2-5-18(15)27-22-11)16-10-19(24)21-17-9-13(3-4-14(16)17)23-6-7-26-20(23)25/h2-5,8-9,16H,6-7,10H2,1H3,(H,21,24)/t16-/m0/s1. The maximum absolute atomic E-state index is 12.3. The molecule has 3 aromatic rings. The summed E-state index contributed by atoms with van der Waals surface area (Å²) in [6.07, 6.45) is 0.00974. The molecule has 0 radical (unpaired) electrons. The number of rotatable bonds is 2. The Labute approximate surface area is 154 Å². The second-order valence-electron chi connectivity index (χ2n) is 6.87. The van der Waals surface area contributed by atoms with Gasteiger partial charge in [0.1, 0.15) is 6.61 Å².